The van der Waals surface area contributed by atoms with Crippen molar-refractivity contribution in [1.82, 2.24) is 4.90 Å². The molecule has 0 amide bonds. The Labute approximate surface area is 107 Å². The van der Waals surface area contributed by atoms with Crippen molar-refractivity contribution in [3.63, 3.8) is 0 Å². The van der Waals surface area contributed by atoms with Crippen LogP contribution in [0.5, 0.6) is 5.75 Å². The molecule has 0 saturated carbocycles. The summed E-state index contributed by atoms with van der Waals surface area (Å²) in [4.78, 5) is 2.37. The van der Waals surface area contributed by atoms with Crippen LogP contribution in [0.15, 0.2) is 18.2 Å². The van der Waals surface area contributed by atoms with Crippen LogP contribution < -0.4 is 10.5 Å². The van der Waals surface area contributed by atoms with Crippen molar-refractivity contribution < 1.29 is 4.74 Å². The highest BCUT2D eigenvalue weighted by atomic mass is 35.5. The predicted molar refractivity (Wildman–Crippen MR) is 70.4 cm³/mol. The van der Waals surface area contributed by atoms with Gasteiger partial charge in [0.2, 0.25) is 0 Å². The monoisotopic (exact) mass is 254 g/mol. The van der Waals surface area contributed by atoms with Gasteiger partial charge in [-0.05, 0) is 23.6 Å². The molecule has 1 fully saturated rings. The van der Waals surface area contributed by atoms with Gasteiger partial charge in [0.1, 0.15) is 5.75 Å². The molecule has 1 aliphatic heterocycles. The summed E-state index contributed by atoms with van der Waals surface area (Å²) in [6.45, 7) is 5.13. The second-order valence-corrected chi connectivity index (χ2v) is 5.21. The number of hydrogen-bond donors (Lipinski definition) is 1. The van der Waals surface area contributed by atoms with E-state index in [-0.39, 0.29) is 0 Å². The average molecular weight is 255 g/mol. The zero-order valence-electron chi connectivity index (χ0n) is 10.3. The largest absolute Gasteiger partial charge is 0.495 e. The second kappa shape index (κ2) is 5.25. The van der Waals surface area contributed by atoms with E-state index >= 15 is 0 Å². The number of likely N-dealkylation sites (tertiary alicyclic amines) is 1. The quantitative estimate of drug-likeness (QED) is 0.898. The molecule has 2 atom stereocenters. The summed E-state index contributed by atoms with van der Waals surface area (Å²) in [5.74, 6) is 1.30. The van der Waals surface area contributed by atoms with Gasteiger partial charge < -0.3 is 10.5 Å². The molecule has 0 aromatic heterocycles. The number of methoxy groups -OCH3 is 1. The average Bonchev–Trinajstić information content (AvgIpc) is 2.58. The predicted octanol–water partition coefficient (Wildman–Crippen LogP) is 2.13. The Morgan fingerprint density at radius 3 is 2.76 bits per heavy atom. The van der Waals surface area contributed by atoms with Gasteiger partial charge in [-0.2, -0.15) is 0 Å². The van der Waals surface area contributed by atoms with E-state index in [0.717, 1.165) is 25.4 Å². The third-order valence-electron chi connectivity index (χ3n) is 3.37. The number of rotatable bonds is 3. The molecule has 3 nitrogen and oxygen atoms in total. The van der Waals surface area contributed by atoms with E-state index in [9.17, 15) is 0 Å². The van der Waals surface area contributed by atoms with E-state index < -0.39 is 0 Å². The lowest BCUT2D eigenvalue weighted by atomic mass is 10.1. The van der Waals surface area contributed by atoms with Crippen LogP contribution in [-0.4, -0.2) is 31.1 Å². The topological polar surface area (TPSA) is 38.5 Å². The summed E-state index contributed by atoms with van der Waals surface area (Å²) in [6.07, 6.45) is 0. The van der Waals surface area contributed by atoms with E-state index in [1.807, 2.05) is 12.1 Å². The first-order valence-electron chi connectivity index (χ1n) is 5.90. The number of nitrogens with zero attached hydrogens (tertiary/aromatic N) is 1. The molecule has 1 aliphatic rings. The molecule has 17 heavy (non-hydrogen) atoms. The van der Waals surface area contributed by atoms with Crippen LogP contribution in [0, 0.1) is 5.92 Å². The summed E-state index contributed by atoms with van der Waals surface area (Å²) in [7, 11) is 1.63. The van der Waals surface area contributed by atoms with E-state index in [4.69, 9.17) is 22.1 Å². The Balaban J connectivity index is 2.02. The molecule has 0 spiro atoms. The maximum absolute atomic E-state index is 6.10. The highest BCUT2D eigenvalue weighted by Crippen LogP contribution is 2.26. The Hall–Kier alpha value is -0.770. The van der Waals surface area contributed by atoms with Gasteiger partial charge in [-0.15, -0.1) is 0 Å². The molecule has 1 aromatic carbocycles. The van der Waals surface area contributed by atoms with Crippen LogP contribution in [0.4, 0.5) is 0 Å². The summed E-state index contributed by atoms with van der Waals surface area (Å²) >= 11 is 6.10. The maximum atomic E-state index is 6.10. The standard InChI is InChI=1S/C13H19ClN2O/c1-9-6-16(8-12(9)15)7-10-3-4-13(17-2)11(14)5-10/h3-5,9,12H,6-8,15H2,1-2H3. The molecule has 2 rings (SSSR count). The molecule has 1 heterocycles. The minimum absolute atomic E-state index is 0.295. The minimum atomic E-state index is 0.295. The van der Waals surface area contributed by atoms with E-state index in [1.54, 1.807) is 7.11 Å². The van der Waals surface area contributed by atoms with Gasteiger partial charge in [0.25, 0.3) is 0 Å². The van der Waals surface area contributed by atoms with Crippen molar-refractivity contribution in [3.8, 4) is 5.75 Å². The molecule has 0 aliphatic carbocycles. The van der Waals surface area contributed by atoms with E-state index in [2.05, 4.69) is 17.9 Å². The van der Waals surface area contributed by atoms with Crippen molar-refractivity contribution in [3.05, 3.63) is 28.8 Å². The Morgan fingerprint density at radius 1 is 1.47 bits per heavy atom. The van der Waals surface area contributed by atoms with Gasteiger partial charge in [0.15, 0.2) is 0 Å². The van der Waals surface area contributed by atoms with Crippen LogP contribution in [0.1, 0.15) is 12.5 Å². The summed E-state index contributed by atoms with van der Waals surface area (Å²) in [5.41, 5.74) is 7.22. The fourth-order valence-electron chi connectivity index (χ4n) is 2.29. The van der Waals surface area contributed by atoms with Gasteiger partial charge in [0.05, 0.1) is 12.1 Å². The molecule has 4 heteroatoms. The van der Waals surface area contributed by atoms with Crippen LogP contribution in [0.2, 0.25) is 5.02 Å². The molecular weight excluding hydrogens is 236 g/mol. The Bertz CT molecular complexity index is 387. The van der Waals surface area contributed by atoms with E-state index in [1.165, 1.54) is 5.56 Å². The summed E-state index contributed by atoms with van der Waals surface area (Å²) in [6, 6.07) is 6.23. The number of ether oxygens (including phenoxy) is 1. The van der Waals surface area contributed by atoms with Crippen molar-refractivity contribution in [1.29, 1.82) is 0 Å². The molecule has 0 bridgehead atoms. The van der Waals surface area contributed by atoms with Crippen molar-refractivity contribution in [2.45, 2.75) is 19.5 Å². The number of halogens is 1. The fourth-order valence-corrected chi connectivity index (χ4v) is 2.57. The third-order valence-corrected chi connectivity index (χ3v) is 3.66. The van der Waals surface area contributed by atoms with Gasteiger partial charge in [0, 0.05) is 25.7 Å². The first-order chi connectivity index (χ1) is 8.10. The normalized spacial score (nSPS) is 25.2. The van der Waals surface area contributed by atoms with Gasteiger partial charge in [-0.25, -0.2) is 0 Å². The Morgan fingerprint density at radius 2 is 2.24 bits per heavy atom. The highest BCUT2D eigenvalue weighted by molar-refractivity contribution is 6.32. The molecule has 2 N–H and O–H groups in total. The smallest absolute Gasteiger partial charge is 0.137 e. The van der Waals surface area contributed by atoms with Crippen LogP contribution >= 0.6 is 11.6 Å². The highest BCUT2D eigenvalue weighted by Gasteiger charge is 2.26. The second-order valence-electron chi connectivity index (χ2n) is 4.80. The third kappa shape index (κ3) is 2.92. The lowest BCUT2D eigenvalue weighted by molar-refractivity contribution is 0.318. The molecular formula is C13H19ClN2O. The maximum Gasteiger partial charge on any atom is 0.137 e. The number of benzene rings is 1. The van der Waals surface area contributed by atoms with Gasteiger partial charge in [-0.1, -0.05) is 24.6 Å². The fraction of sp³-hybridized carbons (Fsp3) is 0.538. The molecule has 0 radical (unpaired) electrons. The lowest BCUT2D eigenvalue weighted by Gasteiger charge is -2.15. The van der Waals surface area contributed by atoms with Crippen LogP contribution in [-0.2, 0) is 6.54 Å². The van der Waals surface area contributed by atoms with Crippen molar-refractivity contribution in [2.24, 2.45) is 11.7 Å². The number of hydrogen-bond acceptors (Lipinski definition) is 3. The number of nitrogens with two attached hydrogens (primary N) is 1. The minimum Gasteiger partial charge on any atom is -0.495 e. The first-order valence-corrected chi connectivity index (χ1v) is 6.28. The van der Waals surface area contributed by atoms with Gasteiger partial charge >= 0.3 is 0 Å². The lowest BCUT2D eigenvalue weighted by Crippen LogP contribution is -2.28. The van der Waals surface area contributed by atoms with Crippen LogP contribution in [0.25, 0.3) is 0 Å². The van der Waals surface area contributed by atoms with E-state index in [0.29, 0.717) is 17.0 Å². The van der Waals surface area contributed by atoms with Gasteiger partial charge in [-0.3, -0.25) is 4.90 Å². The van der Waals surface area contributed by atoms with Crippen molar-refractivity contribution >= 4 is 11.6 Å². The summed E-state index contributed by atoms with van der Waals surface area (Å²) < 4.78 is 5.14. The zero-order valence-corrected chi connectivity index (χ0v) is 11.1. The molecule has 1 saturated heterocycles. The van der Waals surface area contributed by atoms with Crippen molar-refractivity contribution in [2.75, 3.05) is 20.2 Å². The first kappa shape index (κ1) is 12.7. The molecule has 1 aromatic rings. The summed E-state index contributed by atoms with van der Waals surface area (Å²) in [5, 5.41) is 0.668. The molecule has 2 unspecified atom stereocenters. The zero-order chi connectivity index (χ0) is 12.4. The molecule has 94 valence electrons. The SMILES string of the molecule is COc1ccc(CN2CC(C)C(N)C2)cc1Cl. The van der Waals surface area contributed by atoms with Crippen LogP contribution in [0.3, 0.4) is 0 Å². The Kier molecular flexibility index (Phi) is 3.92.